The van der Waals surface area contributed by atoms with E-state index < -0.39 is 53.7 Å². The molecule has 36 heavy (non-hydrogen) atoms. The molecule has 8 nitrogen and oxygen atoms in total. The summed E-state index contributed by atoms with van der Waals surface area (Å²) in [6.07, 6.45) is -7.78. The number of ether oxygens (including phenoxy) is 1. The number of nitrogens with zero attached hydrogens (tertiary/aromatic N) is 1. The van der Waals surface area contributed by atoms with Gasteiger partial charge >= 0.3 is 12.3 Å². The van der Waals surface area contributed by atoms with Gasteiger partial charge in [0, 0.05) is 6.54 Å². The lowest BCUT2D eigenvalue weighted by atomic mass is 9.82. The standard InChI is InChI=1S/C25H36F3N3O5/c1-15(2)18(29-23(35)36-14-16-10-7-6-8-11-16)22(34)31-13-9-12-17(31)21(33)30-19(24(3,4)5)20(32)25(26,27)28/h6-8,10-11,15,17-20,32H,9,12-14H2,1-5H3,(H,29,35)(H,30,33)/t17-,18-,19+,20?/m0/s1. The number of hydrogen-bond donors (Lipinski definition) is 3. The van der Waals surface area contributed by atoms with E-state index in [1.165, 1.54) is 25.7 Å². The van der Waals surface area contributed by atoms with Crippen LogP contribution in [0.25, 0.3) is 0 Å². The van der Waals surface area contributed by atoms with Crippen molar-refractivity contribution in [2.45, 2.75) is 84.5 Å². The Bertz CT molecular complexity index is 902. The third kappa shape index (κ3) is 7.84. The van der Waals surface area contributed by atoms with Crippen LogP contribution in [-0.4, -0.2) is 64.9 Å². The van der Waals surface area contributed by atoms with Crippen molar-refractivity contribution >= 4 is 17.9 Å². The van der Waals surface area contributed by atoms with Crippen LogP contribution in [0.4, 0.5) is 18.0 Å². The highest BCUT2D eigenvalue weighted by atomic mass is 19.4. The van der Waals surface area contributed by atoms with E-state index in [9.17, 15) is 32.7 Å². The van der Waals surface area contributed by atoms with Crippen LogP contribution in [0.3, 0.4) is 0 Å². The SMILES string of the molecule is CC(C)[C@H](NC(=O)OCc1ccccc1)C(=O)N1CCC[C@H]1C(=O)N[C@H](C(O)C(F)(F)F)C(C)(C)C. The van der Waals surface area contributed by atoms with Crippen LogP contribution < -0.4 is 10.6 Å². The van der Waals surface area contributed by atoms with Crippen molar-refractivity contribution in [3.8, 4) is 0 Å². The number of likely N-dealkylation sites (tertiary alicyclic amines) is 1. The van der Waals surface area contributed by atoms with E-state index in [2.05, 4.69) is 10.6 Å². The number of carbonyl (C=O) groups excluding carboxylic acids is 3. The number of nitrogens with one attached hydrogen (secondary N) is 2. The van der Waals surface area contributed by atoms with Crippen LogP contribution in [0.15, 0.2) is 30.3 Å². The molecule has 1 unspecified atom stereocenters. The summed E-state index contributed by atoms with van der Waals surface area (Å²) in [5.74, 6) is -1.65. The van der Waals surface area contributed by atoms with E-state index in [0.717, 1.165) is 5.56 Å². The minimum Gasteiger partial charge on any atom is -0.445 e. The molecule has 1 fully saturated rings. The van der Waals surface area contributed by atoms with Crippen LogP contribution in [0, 0.1) is 11.3 Å². The first-order valence-electron chi connectivity index (χ1n) is 12.0. The van der Waals surface area contributed by atoms with Gasteiger partial charge in [-0.2, -0.15) is 13.2 Å². The average molecular weight is 516 g/mol. The number of carbonyl (C=O) groups is 3. The molecule has 1 aliphatic heterocycles. The second kappa shape index (κ2) is 11.9. The first-order chi connectivity index (χ1) is 16.6. The fourth-order valence-corrected chi connectivity index (χ4v) is 4.09. The summed E-state index contributed by atoms with van der Waals surface area (Å²) in [5.41, 5.74) is -0.339. The zero-order chi connectivity index (χ0) is 27.3. The maximum Gasteiger partial charge on any atom is 0.416 e. The molecule has 0 spiro atoms. The molecule has 0 saturated carbocycles. The van der Waals surface area contributed by atoms with Crippen molar-refractivity contribution in [1.29, 1.82) is 0 Å². The zero-order valence-electron chi connectivity index (χ0n) is 21.3. The Kier molecular flexibility index (Phi) is 9.76. The summed E-state index contributed by atoms with van der Waals surface area (Å²) in [6, 6.07) is 5.36. The number of alkyl halides is 3. The molecule has 2 rings (SSSR count). The van der Waals surface area contributed by atoms with Crippen molar-refractivity contribution in [1.82, 2.24) is 15.5 Å². The lowest BCUT2D eigenvalue weighted by Crippen LogP contribution is -2.60. The van der Waals surface area contributed by atoms with Crippen molar-refractivity contribution in [3.05, 3.63) is 35.9 Å². The largest absolute Gasteiger partial charge is 0.445 e. The average Bonchev–Trinajstić information content (AvgIpc) is 3.28. The van der Waals surface area contributed by atoms with Gasteiger partial charge in [0.15, 0.2) is 6.10 Å². The lowest BCUT2D eigenvalue weighted by Gasteiger charge is -2.37. The molecule has 3 N–H and O–H groups in total. The second-order valence-electron chi connectivity index (χ2n) is 10.5. The number of rotatable bonds is 8. The van der Waals surface area contributed by atoms with E-state index in [1.807, 2.05) is 6.07 Å². The van der Waals surface area contributed by atoms with Crippen molar-refractivity contribution in [2.24, 2.45) is 11.3 Å². The van der Waals surface area contributed by atoms with Crippen LogP contribution in [0.2, 0.25) is 0 Å². The number of halogens is 3. The summed E-state index contributed by atoms with van der Waals surface area (Å²) in [5, 5.41) is 14.7. The van der Waals surface area contributed by atoms with Crippen LogP contribution >= 0.6 is 0 Å². The molecule has 1 saturated heterocycles. The van der Waals surface area contributed by atoms with Gasteiger partial charge in [-0.1, -0.05) is 65.0 Å². The molecule has 0 bridgehead atoms. The molecule has 202 valence electrons. The van der Waals surface area contributed by atoms with Crippen molar-refractivity contribution in [2.75, 3.05) is 6.54 Å². The number of amides is 3. The molecule has 1 aromatic carbocycles. The second-order valence-corrected chi connectivity index (χ2v) is 10.5. The molecule has 0 aliphatic carbocycles. The van der Waals surface area contributed by atoms with Gasteiger partial charge in [0.05, 0.1) is 6.04 Å². The summed E-state index contributed by atoms with van der Waals surface area (Å²) in [4.78, 5) is 40.0. The highest BCUT2D eigenvalue weighted by molar-refractivity contribution is 5.92. The monoisotopic (exact) mass is 515 g/mol. The molecular weight excluding hydrogens is 479 g/mol. The van der Waals surface area contributed by atoms with Gasteiger partial charge in [0.25, 0.3) is 0 Å². The highest BCUT2D eigenvalue weighted by Gasteiger charge is 2.49. The van der Waals surface area contributed by atoms with Gasteiger partial charge in [0.2, 0.25) is 11.8 Å². The zero-order valence-corrected chi connectivity index (χ0v) is 21.3. The quantitative estimate of drug-likeness (QED) is 0.492. The van der Waals surface area contributed by atoms with E-state index in [0.29, 0.717) is 6.42 Å². The van der Waals surface area contributed by atoms with Gasteiger partial charge in [0.1, 0.15) is 18.7 Å². The van der Waals surface area contributed by atoms with E-state index in [4.69, 9.17) is 4.74 Å². The third-order valence-corrected chi connectivity index (χ3v) is 6.14. The lowest BCUT2D eigenvalue weighted by molar-refractivity contribution is -0.220. The van der Waals surface area contributed by atoms with E-state index >= 15 is 0 Å². The Morgan fingerprint density at radius 1 is 1.11 bits per heavy atom. The summed E-state index contributed by atoms with van der Waals surface area (Å²) in [6.45, 7) is 8.10. The fraction of sp³-hybridized carbons (Fsp3) is 0.640. The molecule has 0 radical (unpaired) electrons. The smallest absolute Gasteiger partial charge is 0.416 e. The molecule has 4 atom stereocenters. The summed E-state index contributed by atoms with van der Waals surface area (Å²) >= 11 is 0. The topological polar surface area (TPSA) is 108 Å². The summed E-state index contributed by atoms with van der Waals surface area (Å²) in [7, 11) is 0. The minimum atomic E-state index is -4.93. The number of aliphatic hydroxyl groups excluding tert-OH is 1. The first-order valence-corrected chi connectivity index (χ1v) is 12.0. The Labute approximate surface area is 209 Å². The van der Waals surface area contributed by atoms with Gasteiger partial charge in [-0.25, -0.2) is 4.79 Å². The minimum absolute atomic E-state index is 0.0101. The number of aliphatic hydroxyl groups is 1. The molecule has 0 aromatic heterocycles. The first kappa shape index (κ1) is 29.4. The molecule has 1 aliphatic rings. The molecule has 1 aromatic rings. The Balaban J connectivity index is 2.10. The van der Waals surface area contributed by atoms with Crippen LogP contribution in [0.1, 0.15) is 53.0 Å². The highest BCUT2D eigenvalue weighted by Crippen LogP contribution is 2.32. The number of alkyl carbamates (subject to hydrolysis) is 1. The predicted molar refractivity (Wildman–Crippen MR) is 127 cm³/mol. The predicted octanol–water partition coefficient (Wildman–Crippen LogP) is 3.38. The van der Waals surface area contributed by atoms with E-state index in [1.54, 1.807) is 38.1 Å². The summed E-state index contributed by atoms with van der Waals surface area (Å²) < 4.78 is 44.9. The maximum atomic E-state index is 13.3. The van der Waals surface area contributed by atoms with Gasteiger partial charge in [-0.05, 0) is 29.7 Å². The maximum absolute atomic E-state index is 13.3. The fourth-order valence-electron chi connectivity index (χ4n) is 4.09. The number of benzene rings is 1. The van der Waals surface area contributed by atoms with Crippen LogP contribution in [0.5, 0.6) is 0 Å². The number of hydrogen-bond acceptors (Lipinski definition) is 5. The Morgan fingerprint density at radius 3 is 2.25 bits per heavy atom. The molecular formula is C25H36F3N3O5. The normalized spacial score (nSPS) is 18.9. The van der Waals surface area contributed by atoms with Crippen molar-refractivity contribution in [3.63, 3.8) is 0 Å². The molecule has 3 amide bonds. The molecule has 11 heteroatoms. The molecule has 1 heterocycles. The van der Waals surface area contributed by atoms with Crippen LogP contribution in [-0.2, 0) is 20.9 Å². The van der Waals surface area contributed by atoms with Crippen molar-refractivity contribution < 1.29 is 37.4 Å². The Morgan fingerprint density at radius 2 is 1.72 bits per heavy atom. The Hall–Kier alpha value is -2.82. The van der Waals surface area contributed by atoms with E-state index in [-0.39, 0.29) is 25.5 Å². The van der Waals surface area contributed by atoms with Gasteiger partial charge < -0.3 is 25.4 Å². The third-order valence-electron chi connectivity index (χ3n) is 6.14. The van der Waals surface area contributed by atoms with Gasteiger partial charge in [-0.3, -0.25) is 9.59 Å². The van der Waals surface area contributed by atoms with Gasteiger partial charge in [-0.15, -0.1) is 0 Å².